The Kier molecular flexibility index (Phi) is 7.65. The van der Waals surface area contributed by atoms with Crippen molar-refractivity contribution in [1.82, 2.24) is 5.32 Å². The molecule has 0 unspecified atom stereocenters. The molecule has 5 nitrogen and oxygen atoms in total. The second-order valence-corrected chi connectivity index (χ2v) is 9.18. The van der Waals surface area contributed by atoms with Crippen LogP contribution in [-0.2, 0) is 17.8 Å². The van der Waals surface area contributed by atoms with Gasteiger partial charge in [-0.05, 0) is 65.6 Å². The van der Waals surface area contributed by atoms with Gasteiger partial charge in [-0.2, -0.15) is 0 Å². The quantitative estimate of drug-likeness (QED) is 0.360. The molecule has 0 bridgehead atoms. The van der Waals surface area contributed by atoms with Crippen molar-refractivity contribution in [1.29, 1.82) is 0 Å². The van der Waals surface area contributed by atoms with Crippen molar-refractivity contribution in [2.45, 2.75) is 25.4 Å². The molecule has 8 heteroatoms. The number of hydrogen-bond acceptors (Lipinski definition) is 5. The Balaban J connectivity index is 1.46. The van der Waals surface area contributed by atoms with E-state index in [2.05, 4.69) is 29.7 Å². The fourth-order valence-corrected chi connectivity index (χ4v) is 4.66. The lowest BCUT2D eigenvalue weighted by atomic mass is 10.1. The van der Waals surface area contributed by atoms with E-state index in [-0.39, 0.29) is 23.8 Å². The van der Waals surface area contributed by atoms with Crippen molar-refractivity contribution in [3.8, 4) is 11.5 Å². The number of rotatable bonds is 8. The van der Waals surface area contributed by atoms with E-state index < -0.39 is 0 Å². The van der Waals surface area contributed by atoms with Gasteiger partial charge in [0.05, 0.1) is 17.0 Å². The van der Waals surface area contributed by atoms with E-state index in [0.29, 0.717) is 27.0 Å². The summed E-state index contributed by atoms with van der Waals surface area (Å²) in [7, 11) is 1.52. The van der Waals surface area contributed by atoms with E-state index in [1.165, 1.54) is 36.6 Å². The molecule has 3 aromatic rings. The minimum Gasteiger partial charge on any atom is -0.493 e. The number of anilines is 1. The third kappa shape index (κ3) is 5.85. The van der Waals surface area contributed by atoms with Crippen LogP contribution in [0.3, 0.4) is 0 Å². The number of thioether (sulfide) groups is 1. The zero-order valence-electron chi connectivity index (χ0n) is 18.7. The lowest BCUT2D eigenvalue weighted by molar-refractivity contribution is -0.116. The summed E-state index contributed by atoms with van der Waals surface area (Å²) in [5.41, 5.74) is 3.42. The number of benzene rings is 3. The Morgan fingerprint density at radius 1 is 1.12 bits per heavy atom. The second-order valence-electron chi connectivity index (χ2n) is 7.62. The Labute approximate surface area is 207 Å². The second kappa shape index (κ2) is 10.8. The fraction of sp³-hybridized carbons (Fsp3) is 0.192. The number of halogens is 2. The number of hydrogen-bond donors (Lipinski definition) is 2. The van der Waals surface area contributed by atoms with Crippen molar-refractivity contribution in [3.63, 3.8) is 0 Å². The number of amides is 1. The van der Waals surface area contributed by atoms with E-state index in [4.69, 9.17) is 21.1 Å². The fourth-order valence-electron chi connectivity index (χ4n) is 3.40. The molecular formula is C26H24ClFN2O3S. The summed E-state index contributed by atoms with van der Waals surface area (Å²) in [6, 6.07) is 17.7. The van der Waals surface area contributed by atoms with Gasteiger partial charge < -0.3 is 20.1 Å². The Morgan fingerprint density at radius 2 is 1.82 bits per heavy atom. The van der Waals surface area contributed by atoms with Crippen LogP contribution in [0.15, 0.2) is 65.6 Å². The first-order valence-corrected chi connectivity index (χ1v) is 12.0. The van der Waals surface area contributed by atoms with Gasteiger partial charge in [-0.3, -0.25) is 4.79 Å². The van der Waals surface area contributed by atoms with Gasteiger partial charge >= 0.3 is 0 Å². The highest BCUT2D eigenvalue weighted by Gasteiger charge is 2.27. The normalized spacial score (nSPS) is 16.4. The summed E-state index contributed by atoms with van der Waals surface area (Å²) in [6.45, 7) is 2.32. The molecule has 0 aliphatic carbocycles. The van der Waals surface area contributed by atoms with Gasteiger partial charge in [0, 0.05) is 5.69 Å². The largest absolute Gasteiger partial charge is 0.493 e. The van der Waals surface area contributed by atoms with E-state index in [0.717, 1.165) is 17.7 Å². The van der Waals surface area contributed by atoms with Gasteiger partial charge in [0.2, 0.25) is 0 Å². The van der Waals surface area contributed by atoms with Crippen LogP contribution in [0.4, 0.5) is 10.1 Å². The number of carbonyl (C=O) groups excluding carboxylic acids is 1. The maximum atomic E-state index is 13.1. The molecule has 0 radical (unpaired) electrons. The summed E-state index contributed by atoms with van der Waals surface area (Å²) < 4.78 is 24.4. The summed E-state index contributed by atoms with van der Waals surface area (Å²) in [6.07, 6.45) is 2.74. The van der Waals surface area contributed by atoms with Gasteiger partial charge in [-0.15, -0.1) is 0 Å². The van der Waals surface area contributed by atoms with Crippen LogP contribution in [0.1, 0.15) is 23.6 Å². The smallest absolute Gasteiger partial charge is 0.260 e. The van der Waals surface area contributed by atoms with Gasteiger partial charge in [-0.25, -0.2) is 4.39 Å². The predicted octanol–water partition coefficient (Wildman–Crippen LogP) is 6.23. The molecule has 1 aliphatic heterocycles. The lowest BCUT2D eigenvalue weighted by Crippen LogP contribution is -2.30. The molecule has 2 N–H and O–H groups in total. The van der Waals surface area contributed by atoms with Crippen LogP contribution in [0.2, 0.25) is 5.02 Å². The Bertz CT molecular complexity index is 1200. The van der Waals surface area contributed by atoms with Crippen LogP contribution in [0.5, 0.6) is 11.5 Å². The number of nitrogens with one attached hydrogen (secondary N) is 2. The molecule has 0 saturated carbocycles. The highest BCUT2D eigenvalue weighted by Crippen LogP contribution is 2.39. The number of methoxy groups -OCH3 is 1. The standard InChI is InChI=1S/C26H24ClFN2O3S/c1-3-16-6-10-20(11-7-16)29-26-30-25(31)23(34-26)14-18-12-21(27)24(22(13-18)32-2)33-15-17-4-8-19(28)9-5-17/h4-14,26,29H,3,15H2,1-2H3,(H,30,31)/b23-14-/t26-/m1/s1. The van der Waals surface area contributed by atoms with Crippen LogP contribution in [0.25, 0.3) is 6.08 Å². The highest BCUT2D eigenvalue weighted by atomic mass is 35.5. The minimum atomic E-state index is -0.308. The van der Waals surface area contributed by atoms with Crippen LogP contribution < -0.4 is 20.1 Å². The molecule has 0 aromatic heterocycles. The summed E-state index contributed by atoms with van der Waals surface area (Å²) >= 11 is 7.87. The van der Waals surface area contributed by atoms with Crippen LogP contribution >= 0.6 is 23.4 Å². The van der Waals surface area contributed by atoms with E-state index >= 15 is 0 Å². The molecule has 1 amide bonds. The summed E-state index contributed by atoms with van der Waals surface area (Å²) in [5, 5.41) is 6.59. The first-order chi connectivity index (χ1) is 16.4. The molecule has 3 aromatic carbocycles. The Hall–Kier alpha value is -3.16. The van der Waals surface area contributed by atoms with Crippen molar-refractivity contribution in [3.05, 3.63) is 93.1 Å². The predicted molar refractivity (Wildman–Crippen MR) is 136 cm³/mol. The molecule has 1 saturated heterocycles. The van der Waals surface area contributed by atoms with Crippen LogP contribution in [0, 0.1) is 5.82 Å². The van der Waals surface area contributed by atoms with E-state index in [9.17, 15) is 9.18 Å². The van der Waals surface area contributed by atoms with Crippen molar-refractivity contribution < 1.29 is 18.7 Å². The molecule has 4 rings (SSSR count). The zero-order valence-corrected chi connectivity index (χ0v) is 20.3. The average Bonchev–Trinajstić information content (AvgIpc) is 3.17. The van der Waals surface area contributed by atoms with Crippen molar-refractivity contribution in [2.75, 3.05) is 12.4 Å². The monoisotopic (exact) mass is 498 g/mol. The topological polar surface area (TPSA) is 59.6 Å². The van der Waals surface area contributed by atoms with E-state index in [1.54, 1.807) is 30.3 Å². The maximum Gasteiger partial charge on any atom is 0.260 e. The number of carbonyl (C=O) groups is 1. The number of aryl methyl sites for hydroxylation is 1. The summed E-state index contributed by atoms with van der Waals surface area (Å²) in [4.78, 5) is 13.1. The highest BCUT2D eigenvalue weighted by molar-refractivity contribution is 8.05. The average molecular weight is 499 g/mol. The molecule has 1 heterocycles. The molecule has 1 aliphatic rings. The molecule has 0 spiro atoms. The van der Waals surface area contributed by atoms with Gasteiger partial charge in [0.15, 0.2) is 17.0 Å². The number of ether oxygens (including phenoxy) is 2. The van der Waals surface area contributed by atoms with Gasteiger partial charge in [-0.1, -0.05) is 54.6 Å². The van der Waals surface area contributed by atoms with Crippen molar-refractivity contribution in [2.24, 2.45) is 0 Å². The van der Waals surface area contributed by atoms with Gasteiger partial charge in [0.1, 0.15) is 12.4 Å². The SMILES string of the molecule is CCc1ccc(N[C@@H]2NC(=O)/C(=C/c3cc(Cl)c(OCc4ccc(F)cc4)c(OC)c3)S2)cc1. The molecule has 176 valence electrons. The van der Waals surface area contributed by atoms with E-state index in [1.807, 2.05) is 12.1 Å². The van der Waals surface area contributed by atoms with Gasteiger partial charge in [0.25, 0.3) is 5.91 Å². The molecular weight excluding hydrogens is 475 g/mol. The van der Waals surface area contributed by atoms with Crippen LogP contribution in [-0.4, -0.2) is 18.5 Å². The lowest BCUT2D eigenvalue weighted by Gasteiger charge is -2.14. The summed E-state index contributed by atoms with van der Waals surface area (Å²) in [5.74, 6) is 0.349. The third-order valence-electron chi connectivity index (χ3n) is 5.24. The third-order valence-corrected chi connectivity index (χ3v) is 6.55. The van der Waals surface area contributed by atoms with Crippen molar-refractivity contribution >= 4 is 41.0 Å². The molecule has 34 heavy (non-hydrogen) atoms. The molecule has 1 atom stereocenters. The maximum absolute atomic E-state index is 13.1. The molecule has 1 fully saturated rings. The Morgan fingerprint density at radius 3 is 2.50 bits per heavy atom. The first-order valence-electron chi connectivity index (χ1n) is 10.7. The zero-order chi connectivity index (χ0) is 24.1. The minimum absolute atomic E-state index is 0.167. The first kappa shape index (κ1) is 24.0.